The van der Waals surface area contributed by atoms with E-state index in [1.54, 1.807) is 24.3 Å². The number of esters is 2. The second-order valence-corrected chi connectivity index (χ2v) is 11.4. The van der Waals surface area contributed by atoms with Crippen LogP contribution in [0.25, 0.3) is 0 Å². The molecule has 0 atom stereocenters. The van der Waals surface area contributed by atoms with Gasteiger partial charge in [0.1, 0.15) is 11.5 Å². The Balaban J connectivity index is 1.38. The Morgan fingerprint density at radius 3 is 1.07 bits per heavy atom. The van der Waals surface area contributed by atoms with E-state index in [9.17, 15) is 9.59 Å². The number of benzene rings is 3. The quantitative estimate of drug-likeness (QED) is 0.0770. The van der Waals surface area contributed by atoms with Gasteiger partial charge in [0.25, 0.3) is 0 Å². The lowest BCUT2D eigenvalue weighted by molar-refractivity contribution is 0.0720. The first-order valence-electron chi connectivity index (χ1n) is 16.3. The summed E-state index contributed by atoms with van der Waals surface area (Å²) in [6.45, 7) is 4.49. The molecule has 0 aliphatic heterocycles. The molecule has 0 aliphatic rings. The van der Waals surface area contributed by atoms with Crippen molar-refractivity contribution in [3.05, 3.63) is 95.1 Å². The predicted molar refractivity (Wildman–Crippen MR) is 173 cm³/mol. The molecule has 0 amide bonds. The number of aryl methyl sites for hydroxylation is 2. The van der Waals surface area contributed by atoms with Gasteiger partial charge >= 0.3 is 11.9 Å². The number of ether oxygens (including phenoxy) is 2. The van der Waals surface area contributed by atoms with Gasteiger partial charge in [0.05, 0.1) is 11.1 Å². The Bertz CT molecular complexity index is 1070. The SMILES string of the molecule is CCCCCCCCCc1ccc(OC(=O)c2ccc(C(=O)Oc3ccc(CCCCCCCCC)cc3)cc2)cc1. The fraction of sp³-hybridized carbons (Fsp3) is 0.474. The third kappa shape index (κ3) is 12.6. The minimum absolute atomic E-state index is 0.383. The van der Waals surface area contributed by atoms with Crippen LogP contribution in [0.1, 0.15) is 136 Å². The largest absolute Gasteiger partial charge is 0.423 e. The highest BCUT2D eigenvalue weighted by atomic mass is 16.5. The van der Waals surface area contributed by atoms with E-state index in [1.165, 1.54) is 101 Å². The van der Waals surface area contributed by atoms with Crippen molar-refractivity contribution in [2.75, 3.05) is 0 Å². The van der Waals surface area contributed by atoms with E-state index in [2.05, 4.69) is 13.8 Å². The van der Waals surface area contributed by atoms with Crippen LogP contribution < -0.4 is 9.47 Å². The second-order valence-electron chi connectivity index (χ2n) is 11.4. The van der Waals surface area contributed by atoms with Gasteiger partial charge < -0.3 is 9.47 Å². The maximum Gasteiger partial charge on any atom is 0.343 e. The first-order valence-corrected chi connectivity index (χ1v) is 16.3. The zero-order chi connectivity index (χ0) is 29.8. The smallest absolute Gasteiger partial charge is 0.343 e. The average Bonchev–Trinajstić information content (AvgIpc) is 3.02. The molecule has 0 aliphatic carbocycles. The second kappa shape index (κ2) is 19.7. The van der Waals surface area contributed by atoms with Crippen molar-refractivity contribution in [2.24, 2.45) is 0 Å². The van der Waals surface area contributed by atoms with Gasteiger partial charge in [-0.2, -0.15) is 0 Å². The van der Waals surface area contributed by atoms with Gasteiger partial charge in [0.15, 0.2) is 0 Å². The summed E-state index contributed by atoms with van der Waals surface area (Å²) in [6.07, 6.45) is 20.2. The molecule has 3 rings (SSSR count). The van der Waals surface area contributed by atoms with Crippen LogP contribution in [0.5, 0.6) is 11.5 Å². The summed E-state index contributed by atoms with van der Waals surface area (Å²) in [7, 11) is 0. The van der Waals surface area contributed by atoms with E-state index in [0.29, 0.717) is 22.6 Å². The molecule has 0 bridgehead atoms. The highest BCUT2D eigenvalue weighted by Gasteiger charge is 2.13. The molecule has 4 heteroatoms. The van der Waals surface area contributed by atoms with Gasteiger partial charge in [-0.3, -0.25) is 0 Å². The van der Waals surface area contributed by atoms with E-state index >= 15 is 0 Å². The van der Waals surface area contributed by atoms with E-state index in [0.717, 1.165) is 12.8 Å². The Kier molecular flexibility index (Phi) is 15.5. The minimum atomic E-state index is -0.453. The van der Waals surface area contributed by atoms with Gasteiger partial charge in [-0.05, 0) is 85.3 Å². The molecule has 0 saturated carbocycles. The summed E-state index contributed by atoms with van der Waals surface area (Å²) in [5.41, 5.74) is 3.28. The van der Waals surface area contributed by atoms with E-state index in [-0.39, 0.29) is 0 Å². The fourth-order valence-electron chi connectivity index (χ4n) is 5.10. The topological polar surface area (TPSA) is 52.6 Å². The molecule has 4 nitrogen and oxygen atoms in total. The summed E-state index contributed by atoms with van der Waals surface area (Å²) >= 11 is 0. The molecule has 226 valence electrons. The molecule has 0 heterocycles. The average molecular weight is 571 g/mol. The third-order valence-corrected chi connectivity index (χ3v) is 7.76. The van der Waals surface area contributed by atoms with Crippen LogP contribution >= 0.6 is 0 Å². The molecule has 0 N–H and O–H groups in total. The lowest BCUT2D eigenvalue weighted by atomic mass is 10.0. The van der Waals surface area contributed by atoms with Crippen molar-refractivity contribution in [2.45, 2.75) is 117 Å². The maximum absolute atomic E-state index is 12.6. The van der Waals surface area contributed by atoms with Crippen molar-refractivity contribution in [3.63, 3.8) is 0 Å². The minimum Gasteiger partial charge on any atom is -0.423 e. The molecular formula is C38H50O4. The van der Waals surface area contributed by atoms with Crippen LogP contribution in [0.15, 0.2) is 72.8 Å². The van der Waals surface area contributed by atoms with Crippen molar-refractivity contribution in [1.29, 1.82) is 0 Å². The van der Waals surface area contributed by atoms with Crippen LogP contribution in [0, 0.1) is 0 Å². The van der Waals surface area contributed by atoms with Gasteiger partial charge in [0, 0.05) is 0 Å². The Morgan fingerprint density at radius 2 is 0.738 bits per heavy atom. The first kappa shape index (κ1) is 33.1. The molecule has 0 saturated heterocycles. The van der Waals surface area contributed by atoms with Gasteiger partial charge in [-0.1, -0.05) is 115 Å². The van der Waals surface area contributed by atoms with Gasteiger partial charge in [-0.15, -0.1) is 0 Å². The van der Waals surface area contributed by atoms with Gasteiger partial charge in [0.2, 0.25) is 0 Å². The Hall–Kier alpha value is -3.40. The number of hydrogen-bond acceptors (Lipinski definition) is 4. The van der Waals surface area contributed by atoms with Crippen molar-refractivity contribution < 1.29 is 19.1 Å². The predicted octanol–water partition coefficient (Wildman–Crippen LogP) is 10.7. The van der Waals surface area contributed by atoms with Crippen LogP contribution in [0.3, 0.4) is 0 Å². The third-order valence-electron chi connectivity index (χ3n) is 7.76. The molecule has 0 unspecified atom stereocenters. The molecule has 0 fully saturated rings. The highest BCUT2D eigenvalue weighted by molar-refractivity contribution is 5.94. The summed E-state index contributed by atoms with van der Waals surface area (Å²) in [5, 5.41) is 0. The van der Waals surface area contributed by atoms with Crippen molar-refractivity contribution in [1.82, 2.24) is 0 Å². The molecule has 0 radical (unpaired) electrons. The van der Waals surface area contributed by atoms with E-state index in [1.807, 2.05) is 48.5 Å². The fourth-order valence-corrected chi connectivity index (χ4v) is 5.10. The van der Waals surface area contributed by atoms with Crippen LogP contribution in [-0.4, -0.2) is 11.9 Å². The summed E-state index contributed by atoms with van der Waals surface area (Å²) in [4.78, 5) is 25.3. The molecule has 42 heavy (non-hydrogen) atoms. The molecule has 0 aromatic heterocycles. The monoisotopic (exact) mass is 570 g/mol. The van der Waals surface area contributed by atoms with Crippen LogP contribution in [-0.2, 0) is 12.8 Å². The first-order chi connectivity index (χ1) is 20.6. The molecule has 3 aromatic carbocycles. The highest BCUT2D eigenvalue weighted by Crippen LogP contribution is 2.19. The zero-order valence-corrected chi connectivity index (χ0v) is 25.9. The number of carbonyl (C=O) groups excluding carboxylic acids is 2. The van der Waals surface area contributed by atoms with E-state index in [4.69, 9.17) is 9.47 Å². The van der Waals surface area contributed by atoms with Crippen molar-refractivity contribution in [3.8, 4) is 11.5 Å². The number of carbonyl (C=O) groups is 2. The lowest BCUT2D eigenvalue weighted by Crippen LogP contribution is -2.11. The summed E-state index contributed by atoms with van der Waals surface area (Å²) in [6, 6.07) is 21.9. The van der Waals surface area contributed by atoms with Crippen molar-refractivity contribution >= 4 is 11.9 Å². The number of rotatable bonds is 20. The Labute approximate surface area is 253 Å². The normalized spacial score (nSPS) is 10.9. The standard InChI is InChI=1S/C38H50O4/c1-3-5-7-9-11-13-15-17-31-19-27-35(28-20-31)41-37(39)33-23-25-34(26-24-33)38(40)42-36-29-21-32(22-30-36)18-16-14-12-10-8-6-4-2/h19-30H,3-18H2,1-2H3. The Morgan fingerprint density at radius 1 is 0.429 bits per heavy atom. The van der Waals surface area contributed by atoms with Gasteiger partial charge in [-0.25, -0.2) is 9.59 Å². The maximum atomic E-state index is 12.6. The number of unbranched alkanes of at least 4 members (excludes halogenated alkanes) is 12. The molecular weight excluding hydrogens is 520 g/mol. The van der Waals surface area contributed by atoms with Crippen LogP contribution in [0.2, 0.25) is 0 Å². The van der Waals surface area contributed by atoms with Crippen LogP contribution in [0.4, 0.5) is 0 Å². The summed E-state index contributed by atoms with van der Waals surface area (Å²) in [5.74, 6) is 0.127. The molecule has 0 spiro atoms. The number of hydrogen-bond donors (Lipinski definition) is 0. The zero-order valence-electron chi connectivity index (χ0n) is 25.9. The lowest BCUT2D eigenvalue weighted by Gasteiger charge is -2.08. The molecule has 3 aromatic rings. The summed E-state index contributed by atoms with van der Waals surface area (Å²) < 4.78 is 11.1. The van der Waals surface area contributed by atoms with E-state index < -0.39 is 11.9 Å².